The molecule has 7 heteroatoms. The second kappa shape index (κ2) is 25.1. The zero-order valence-electron chi connectivity index (χ0n) is 40.4. The number of phenolic OH excluding ortho intramolecular Hbond substituents is 2. The first kappa shape index (κ1) is 48.8. The average molecular weight is 891 g/mol. The van der Waals surface area contributed by atoms with Gasteiger partial charge in [-0.1, -0.05) is 173 Å². The van der Waals surface area contributed by atoms with Crippen LogP contribution in [-0.4, -0.2) is 35.3 Å². The zero-order valence-corrected chi connectivity index (χ0v) is 40.4. The molecule has 0 saturated carbocycles. The monoisotopic (exact) mass is 891 g/mol. The maximum absolute atomic E-state index is 12.3. The van der Waals surface area contributed by atoms with E-state index in [0.717, 1.165) is 105 Å². The molecule has 7 nitrogen and oxygen atoms in total. The average Bonchev–Trinajstić information content (AvgIpc) is 4.15. The lowest BCUT2D eigenvalue weighted by Crippen LogP contribution is -2.04. The fourth-order valence-electron chi connectivity index (χ4n) is 10.3. The number of aliphatic hydroxyl groups is 1. The highest BCUT2D eigenvalue weighted by molar-refractivity contribution is 5.94. The van der Waals surface area contributed by atoms with Crippen LogP contribution < -0.4 is 0 Å². The highest BCUT2D eigenvalue weighted by atomic mass is 16.3. The van der Waals surface area contributed by atoms with E-state index in [1.165, 1.54) is 128 Å². The lowest BCUT2D eigenvalue weighted by molar-refractivity contribution is 0.158. The number of rotatable bonds is 26. The number of nitrogens with zero attached hydrogens (tertiary/aromatic N) is 2. The number of aromatic hydroxyl groups is 2. The van der Waals surface area contributed by atoms with Crippen molar-refractivity contribution in [3.8, 4) is 33.8 Å². The fourth-order valence-corrected chi connectivity index (χ4v) is 10.3. The Labute approximate surface area is 395 Å². The van der Waals surface area contributed by atoms with E-state index >= 15 is 0 Å². The maximum atomic E-state index is 12.3. The van der Waals surface area contributed by atoms with Crippen molar-refractivity contribution in [1.82, 2.24) is 19.9 Å². The quantitative estimate of drug-likeness (QED) is 0.0348. The molecule has 2 unspecified atom stereocenters. The predicted molar refractivity (Wildman–Crippen MR) is 278 cm³/mol. The summed E-state index contributed by atoms with van der Waals surface area (Å²) in [5, 5.41) is 33.8. The van der Waals surface area contributed by atoms with Gasteiger partial charge in [0.25, 0.3) is 0 Å². The second-order valence-corrected chi connectivity index (χ2v) is 19.3. The maximum Gasteiger partial charge on any atom is 0.116 e. The Morgan fingerprint density at radius 3 is 1.41 bits per heavy atom. The van der Waals surface area contributed by atoms with Gasteiger partial charge in [0.15, 0.2) is 0 Å². The molecule has 0 fully saturated rings. The third-order valence-corrected chi connectivity index (χ3v) is 14.1. The highest BCUT2D eigenvalue weighted by Crippen LogP contribution is 2.43. The van der Waals surface area contributed by atoms with Crippen LogP contribution in [0, 0.1) is 0 Å². The van der Waals surface area contributed by atoms with Gasteiger partial charge in [-0.2, -0.15) is 0 Å². The number of H-pyrrole nitrogens is 2. The first-order chi connectivity index (χ1) is 32.4. The smallest absolute Gasteiger partial charge is 0.116 e. The van der Waals surface area contributed by atoms with Gasteiger partial charge in [0.1, 0.15) is 17.6 Å². The Morgan fingerprint density at radius 1 is 0.455 bits per heavy atom. The van der Waals surface area contributed by atoms with Gasteiger partial charge >= 0.3 is 0 Å². The van der Waals surface area contributed by atoms with E-state index in [1.807, 2.05) is 24.3 Å². The number of nitrogens with one attached hydrogen (secondary N) is 2. The van der Waals surface area contributed by atoms with Crippen LogP contribution in [-0.2, 0) is 12.8 Å². The molecule has 5 N–H and O–H groups in total. The first-order valence-corrected chi connectivity index (χ1v) is 26.1. The van der Waals surface area contributed by atoms with Crippen molar-refractivity contribution in [3.05, 3.63) is 107 Å². The standard InChI is InChI=1S/C59H78N4O3/c1-4-6-8-10-12-14-16-18-20-22-24-32-47-49-34-35-51(60-49)48(33-25-23-21-19-17-15-13-11-9-7-5-2)58-59(66)42(3)57(63-58)56(44-29-27-31-46(65)41-44)54-39-38-53(62-54)55(52-37-36-50(47)61-52)43-28-26-30-45(64)40-43/h26-31,34-42,59-60,62,64-66H,4-25,32-33H2,1-3H3. The summed E-state index contributed by atoms with van der Waals surface area (Å²) in [6.45, 7) is 6.63. The molecule has 5 heterocycles. The molecule has 5 aromatic rings. The highest BCUT2D eigenvalue weighted by Gasteiger charge is 2.32. The number of hydrogen-bond donors (Lipinski definition) is 5. The van der Waals surface area contributed by atoms with Gasteiger partial charge in [-0.15, -0.1) is 0 Å². The summed E-state index contributed by atoms with van der Waals surface area (Å²) >= 11 is 0. The normalized spacial score (nSPS) is 14.7. The van der Waals surface area contributed by atoms with Crippen LogP contribution in [0.2, 0.25) is 0 Å². The topological polar surface area (TPSA) is 118 Å². The number of benzene rings is 2. The minimum atomic E-state index is -0.806. The Bertz CT molecular complexity index is 2510. The number of aromatic nitrogens is 4. The number of aromatic amines is 2. The number of unbranched alkanes of at least 4 members (excludes halogenated alkanes) is 20. The van der Waals surface area contributed by atoms with Crippen molar-refractivity contribution in [2.24, 2.45) is 0 Å². The van der Waals surface area contributed by atoms with E-state index in [2.05, 4.69) is 67.2 Å². The zero-order chi connectivity index (χ0) is 46.1. The van der Waals surface area contributed by atoms with Crippen LogP contribution in [0.25, 0.3) is 56.5 Å². The molecule has 0 spiro atoms. The van der Waals surface area contributed by atoms with Crippen molar-refractivity contribution in [2.75, 3.05) is 0 Å². The van der Waals surface area contributed by atoms with Gasteiger partial charge in [-0.05, 0) is 103 Å². The third kappa shape index (κ3) is 12.8. The Hall–Kier alpha value is -5.14. The van der Waals surface area contributed by atoms with Crippen LogP contribution in [0.3, 0.4) is 0 Å². The molecule has 3 aromatic heterocycles. The summed E-state index contributed by atoms with van der Waals surface area (Å²) in [6, 6.07) is 23.2. The van der Waals surface area contributed by atoms with E-state index in [9.17, 15) is 15.3 Å². The van der Waals surface area contributed by atoms with Gasteiger partial charge in [-0.3, -0.25) is 4.98 Å². The summed E-state index contributed by atoms with van der Waals surface area (Å²) in [5.41, 5.74) is 12.6. The lowest BCUT2D eigenvalue weighted by atomic mass is 9.92. The van der Waals surface area contributed by atoms with Crippen LogP contribution in [0.5, 0.6) is 11.5 Å². The van der Waals surface area contributed by atoms with Crippen LogP contribution in [0.4, 0.5) is 0 Å². The van der Waals surface area contributed by atoms with Crippen LogP contribution >= 0.6 is 0 Å². The van der Waals surface area contributed by atoms with Gasteiger partial charge in [0.2, 0.25) is 0 Å². The Morgan fingerprint density at radius 2 is 0.879 bits per heavy atom. The molecular formula is C59H78N4O3. The largest absolute Gasteiger partial charge is 0.508 e. The second-order valence-electron chi connectivity index (χ2n) is 19.3. The van der Waals surface area contributed by atoms with Crippen molar-refractivity contribution in [3.63, 3.8) is 0 Å². The lowest BCUT2D eigenvalue weighted by Gasteiger charge is -2.14. The Kier molecular flexibility index (Phi) is 18.6. The summed E-state index contributed by atoms with van der Waals surface area (Å²) in [6.07, 6.45) is 33.4. The molecule has 2 aliphatic heterocycles. The van der Waals surface area contributed by atoms with E-state index in [1.54, 1.807) is 24.3 Å². The molecule has 7 rings (SSSR count). The predicted octanol–water partition coefficient (Wildman–Crippen LogP) is 16.8. The molecule has 0 radical (unpaired) electrons. The van der Waals surface area contributed by atoms with Crippen molar-refractivity contribution >= 4 is 34.2 Å². The molecule has 66 heavy (non-hydrogen) atoms. The van der Waals surface area contributed by atoms with E-state index in [4.69, 9.17) is 9.97 Å². The van der Waals surface area contributed by atoms with Crippen molar-refractivity contribution < 1.29 is 15.3 Å². The number of aliphatic hydroxyl groups excluding tert-OH is 1. The first-order valence-electron chi connectivity index (χ1n) is 26.1. The van der Waals surface area contributed by atoms with Gasteiger partial charge < -0.3 is 25.3 Å². The van der Waals surface area contributed by atoms with Gasteiger partial charge in [0, 0.05) is 44.7 Å². The van der Waals surface area contributed by atoms with E-state index in [-0.39, 0.29) is 17.4 Å². The van der Waals surface area contributed by atoms with Crippen molar-refractivity contribution in [2.45, 2.75) is 187 Å². The fraction of sp³-hybridized carbons (Fsp3) is 0.492. The molecule has 2 aliphatic rings. The van der Waals surface area contributed by atoms with Crippen molar-refractivity contribution in [1.29, 1.82) is 0 Å². The molecule has 2 atom stereocenters. The molecule has 2 aromatic carbocycles. The minimum absolute atomic E-state index is 0.165. The number of hydrogen-bond acceptors (Lipinski definition) is 5. The van der Waals surface area contributed by atoms with Crippen LogP contribution in [0.15, 0.2) is 72.8 Å². The molecule has 0 amide bonds. The van der Waals surface area contributed by atoms with E-state index in [0.29, 0.717) is 0 Å². The van der Waals surface area contributed by atoms with Crippen LogP contribution in [0.1, 0.15) is 208 Å². The summed E-state index contributed by atoms with van der Waals surface area (Å²) in [4.78, 5) is 18.5. The summed E-state index contributed by atoms with van der Waals surface area (Å²) in [5.74, 6) is 0.0447. The SMILES string of the molecule is CCCCCCCCCCCCCc1c2nc(c(-c3cccc(O)c3)c3ccc([nH]3)c(-c3cccc(O)c3)c3nc(c(CCCCCCCCCCCCC)c4ccc1[nH]4)C(O)C3C)C=C2. The minimum Gasteiger partial charge on any atom is -0.508 e. The molecule has 8 bridgehead atoms. The molecular weight excluding hydrogens is 813 g/mol. The van der Waals surface area contributed by atoms with Gasteiger partial charge in [-0.25, -0.2) is 4.98 Å². The molecule has 352 valence electrons. The number of phenols is 2. The third-order valence-electron chi connectivity index (χ3n) is 14.1. The molecule has 0 saturated heterocycles. The van der Waals surface area contributed by atoms with Gasteiger partial charge in [0.05, 0.1) is 22.8 Å². The Balaban J connectivity index is 1.31. The summed E-state index contributed by atoms with van der Waals surface area (Å²) in [7, 11) is 0. The summed E-state index contributed by atoms with van der Waals surface area (Å²) < 4.78 is 0. The van der Waals surface area contributed by atoms with E-state index < -0.39 is 6.10 Å². The number of aryl methyl sites for hydroxylation is 2. The molecule has 0 aliphatic carbocycles. The number of fused-ring (bicyclic) bond motifs is 8.